The predicted molar refractivity (Wildman–Crippen MR) is 80.0 cm³/mol. The fraction of sp³-hybridized carbons (Fsp3) is 0.250. The molecule has 0 bridgehead atoms. The summed E-state index contributed by atoms with van der Waals surface area (Å²) in [6.45, 7) is 3.24. The molecule has 0 spiro atoms. The van der Waals surface area contributed by atoms with Gasteiger partial charge in [0.2, 0.25) is 0 Å². The molecule has 1 aromatic heterocycles. The first-order valence-corrected chi connectivity index (χ1v) is 6.64. The molecule has 2 atom stereocenters. The van der Waals surface area contributed by atoms with Crippen LogP contribution in [0.5, 0.6) is 5.75 Å². The second kappa shape index (κ2) is 5.93. The molecule has 21 heavy (non-hydrogen) atoms. The van der Waals surface area contributed by atoms with Gasteiger partial charge >= 0.3 is 0 Å². The largest absolute Gasteiger partial charge is 0.504 e. The van der Waals surface area contributed by atoms with E-state index in [0.29, 0.717) is 0 Å². The summed E-state index contributed by atoms with van der Waals surface area (Å²) in [6.07, 6.45) is 2.68. The molecule has 2 aromatic rings. The average Bonchev–Trinajstić information content (AvgIpc) is 2.49. The lowest BCUT2D eigenvalue weighted by atomic mass is 9.84. The Hall–Kier alpha value is -2.40. The maximum absolute atomic E-state index is 12.3. The number of pyridine rings is 1. The van der Waals surface area contributed by atoms with E-state index in [1.165, 1.54) is 25.4 Å². The van der Waals surface area contributed by atoms with Gasteiger partial charge in [-0.1, -0.05) is 37.3 Å². The molecular weight excluding hydrogens is 268 g/mol. The molecule has 0 aliphatic heterocycles. The van der Waals surface area contributed by atoms with Crippen molar-refractivity contribution in [3.05, 3.63) is 54.4 Å². The number of carbonyl (C=O) groups is 1. The van der Waals surface area contributed by atoms with Crippen LogP contribution >= 0.6 is 0 Å². The van der Waals surface area contributed by atoms with E-state index in [4.69, 9.17) is 0 Å². The van der Waals surface area contributed by atoms with Crippen molar-refractivity contribution in [1.82, 2.24) is 4.98 Å². The third-order valence-electron chi connectivity index (χ3n) is 3.65. The van der Waals surface area contributed by atoms with Crippen LogP contribution in [0.2, 0.25) is 0 Å². The van der Waals surface area contributed by atoms with Crippen LogP contribution in [0.25, 0.3) is 0 Å². The van der Waals surface area contributed by atoms with E-state index in [0.717, 1.165) is 5.56 Å². The van der Waals surface area contributed by atoms with Crippen molar-refractivity contribution >= 4 is 11.6 Å². The summed E-state index contributed by atoms with van der Waals surface area (Å²) in [5.41, 5.74) is -0.538. The molecule has 1 heterocycles. The van der Waals surface area contributed by atoms with Crippen molar-refractivity contribution in [3.8, 4) is 5.75 Å². The van der Waals surface area contributed by atoms with Crippen molar-refractivity contribution in [1.29, 1.82) is 0 Å². The van der Waals surface area contributed by atoms with Gasteiger partial charge in [-0.3, -0.25) is 9.78 Å². The van der Waals surface area contributed by atoms with Gasteiger partial charge in [0.1, 0.15) is 5.60 Å². The maximum atomic E-state index is 12.3. The summed E-state index contributed by atoms with van der Waals surface area (Å²) in [5, 5.41) is 22.7. The highest BCUT2D eigenvalue weighted by molar-refractivity contribution is 5.98. The number of benzene rings is 1. The average molecular weight is 286 g/mol. The molecule has 2 rings (SSSR count). The van der Waals surface area contributed by atoms with Crippen molar-refractivity contribution < 1.29 is 15.0 Å². The predicted octanol–water partition coefficient (Wildman–Crippen LogP) is 2.28. The van der Waals surface area contributed by atoms with Gasteiger partial charge in [0.05, 0.1) is 11.9 Å². The first-order chi connectivity index (χ1) is 9.93. The van der Waals surface area contributed by atoms with Crippen LogP contribution in [-0.4, -0.2) is 26.7 Å². The second-order valence-electron chi connectivity index (χ2n) is 5.13. The van der Waals surface area contributed by atoms with Gasteiger partial charge in [0.25, 0.3) is 5.91 Å². The first kappa shape index (κ1) is 15.0. The van der Waals surface area contributed by atoms with Gasteiger partial charge < -0.3 is 15.5 Å². The van der Waals surface area contributed by atoms with Crippen LogP contribution < -0.4 is 5.32 Å². The molecule has 0 radical (unpaired) electrons. The highest BCUT2D eigenvalue weighted by atomic mass is 16.3. The first-order valence-electron chi connectivity index (χ1n) is 6.64. The Bertz CT molecular complexity index is 626. The molecular formula is C16H18N2O3. The molecule has 0 saturated heterocycles. The third kappa shape index (κ3) is 3.20. The van der Waals surface area contributed by atoms with Crippen molar-refractivity contribution in [3.63, 3.8) is 0 Å². The van der Waals surface area contributed by atoms with Gasteiger partial charge in [-0.2, -0.15) is 0 Å². The number of hydrogen-bond donors (Lipinski definition) is 3. The highest BCUT2D eigenvalue weighted by Gasteiger charge is 2.37. The number of nitrogens with zero attached hydrogens (tertiary/aromatic N) is 1. The minimum atomic E-state index is -1.61. The molecule has 110 valence electrons. The zero-order valence-corrected chi connectivity index (χ0v) is 11.9. The molecule has 5 heteroatoms. The Kier molecular flexibility index (Phi) is 4.23. The Morgan fingerprint density at radius 3 is 2.57 bits per heavy atom. The summed E-state index contributed by atoms with van der Waals surface area (Å²) < 4.78 is 0. The van der Waals surface area contributed by atoms with Crippen LogP contribution in [-0.2, 0) is 4.79 Å². The zero-order chi connectivity index (χ0) is 15.5. The van der Waals surface area contributed by atoms with E-state index in [2.05, 4.69) is 10.3 Å². The Morgan fingerprint density at radius 1 is 1.29 bits per heavy atom. The molecule has 1 amide bonds. The fourth-order valence-electron chi connectivity index (χ4n) is 2.00. The molecule has 0 aliphatic carbocycles. The van der Waals surface area contributed by atoms with E-state index >= 15 is 0 Å². The number of aliphatic hydroxyl groups is 1. The van der Waals surface area contributed by atoms with Crippen molar-refractivity contribution in [2.75, 3.05) is 5.32 Å². The normalized spacial score (nSPS) is 15.0. The van der Waals surface area contributed by atoms with Gasteiger partial charge in [-0.25, -0.2) is 0 Å². The topological polar surface area (TPSA) is 82.5 Å². The third-order valence-corrected chi connectivity index (χ3v) is 3.65. The van der Waals surface area contributed by atoms with E-state index in [1.54, 1.807) is 6.92 Å². The van der Waals surface area contributed by atoms with E-state index < -0.39 is 17.4 Å². The number of anilines is 1. The zero-order valence-electron chi connectivity index (χ0n) is 11.9. The fourth-order valence-corrected chi connectivity index (χ4v) is 2.00. The van der Waals surface area contributed by atoms with Gasteiger partial charge in [0, 0.05) is 12.1 Å². The standard InChI is InChI=1S/C16H18N2O3/c1-11(12-6-4-3-5-7-12)16(2,21)15(20)18-13-8-9-17-10-14(13)19/h3-11,19,21H,1-2H3,(H,17,18,20). The quantitative estimate of drug-likeness (QED) is 0.805. The molecule has 3 N–H and O–H groups in total. The second-order valence-corrected chi connectivity index (χ2v) is 5.13. The summed E-state index contributed by atoms with van der Waals surface area (Å²) in [4.78, 5) is 16.0. The van der Waals surface area contributed by atoms with Crippen LogP contribution in [0.15, 0.2) is 48.8 Å². The van der Waals surface area contributed by atoms with Gasteiger partial charge in [-0.05, 0) is 18.6 Å². The summed E-state index contributed by atoms with van der Waals surface area (Å²) >= 11 is 0. The Labute approximate surface area is 123 Å². The Balaban J connectivity index is 2.19. The number of aromatic hydroxyl groups is 1. The van der Waals surface area contributed by atoms with Crippen LogP contribution in [0.1, 0.15) is 25.3 Å². The van der Waals surface area contributed by atoms with Crippen molar-refractivity contribution in [2.24, 2.45) is 0 Å². The number of nitrogens with one attached hydrogen (secondary N) is 1. The number of amides is 1. The maximum Gasteiger partial charge on any atom is 0.256 e. The smallest absolute Gasteiger partial charge is 0.256 e. The van der Waals surface area contributed by atoms with E-state index in [1.807, 2.05) is 30.3 Å². The lowest BCUT2D eigenvalue weighted by Crippen LogP contribution is -2.44. The number of aromatic nitrogens is 1. The summed E-state index contributed by atoms with van der Waals surface area (Å²) in [7, 11) is 0. The SMILES string of the molecule is CC(c1ccccc1)C(C)(O)C(=O)Nc1ccncc1O. The lowest BCUT2D eigenvalue weighted by Gasteiger charge is -2.29. The molecule has 1 aromatic carbocycles. The van der Waals surface area contributed by atoms with Crippen molar-refractivity contribution in [2.45, 2.75) is 25.4 Å². The van der Waals surface area contributed by atoms with E-state index in [9.17, 15) is 15.0 Å². The van der Waals surface area contributed by atoms with Crippen LogP contribution in [0, 0.1) is 0 Å². The summed E-state index contributed by atoms with van der Waals surface area (Å²) in [5.74, 6) is -1.13. The number of carbonyl (C=O) groups excluding carboxylic acids is 1. The minimum Gasteiger partial charge on any atom is -0.504 e. The van der Waals surface area contributed by atoms with Crippen LogP contribution in [0.3, 0.4) is 0 Å². The van der Waals surface area contributed by atoms with E-state index in [-0.39, 0.29) is 11.4 Å². The highest BCUT2D eigenvalue weighted by Crippen LogP contribution is 2.30. The molecule has 2 unspecified atom stereocenters. The monoisotopic (exact) mass is 286 g/mol. The molecule has 0 fully saturated rings. The van der Waals surface area contributed by atoms with Gasteiger partial charge in [0.15, 0.2) is 5.75 Å². The Morgan fingerprint density at radius 2 is 1.95 bits per heavy atom. The molecule has 0 aliphatic rings. The summed E-state index contributed by atoms with van der Waals surface area (Å²) in [6, 6.07) is 10.8. The molecule has 5 nitrogen and oxygen atoms in total. The minimum absolute atomic E-state index is 0.144. The van der Waals surface area contributed by atoms with Crippen LogP contribution in [0.4, 0.5) is 5.69 Å². The van der Waals surface area contributed by atoms with Gasteiger partial charge in [-0.15, -0.1) is 0 Å². The lowest BCUT2D eigenvalue weighted by molar-refractivity contribution is -0.134. The number of hydrogen-bond acceptors (Lipinski definition) is 4. The molecule has 0 saturated carbocycles. The number of rotatable bonds is 4.